The van der Waals surface area contributed by atoms with Crippen molar-refractivity contribution in [1.82, 2.24) is 4.31 Å². The van der Waals surface area contributed by atoms with Gasteiger partial charge in [0.25, 0.3) is 0 Å². The molecule has 3 aromatic carbocycles. The van der Waals surface area contributed by atoms with Crippen molar-refractivity contribution in [3.05, 3.63) is 72.8 Å². The summed E-state index contributed by atoms with van der Waals surface area (Å²) < 4.78 is 45.0. The van der Waals surface area contributed by atoms with Crippen molar-refractivity contribution in [3.8, 4) is 23.0 Å². The highest BCUT2D eigenvalue weighted by Crippen LogP contribution is 2.35. The molecule has 8 nitrogen and oxygen atoms in total. The summed E-state index contributed by atoms with van der Waals surface area (Å²) in [6, 6.07) is 20.0. The Bertz CT molecular complexity index is 1300. The number of nitrogens with one attached hydrogen (secondary N) is 1. The van der Waals surface area contributed by atoms with Gasteiger partial charge in [-0.05, 0) is 49.2 Å². The number of ether oxygens (including phenoxy) is 3. The van der Waals surface area contributed by atoms with Crippen LogP contribution >= 0.6 is 0 Å². The number of anilines is 1. The van der Waals surface area contributed by atoms with E-state index in [2.05, 4.69) is 5.32 Å². The Balaban J connectivity index is 1.36. The molecule has 5 rings (SSSR count). The van der Waals surface area contributed by atoms with Gasteiger partial charge in [-0.25, -0.2) is 8.42 Å². The lowest BCUT2D eigenvalue weighted by molar-refractivity contribution is -0.119. The first kappa shape index (κ1) is 22.2. The molecule has 1 amide bonds. The Hall–Kier alpha value is -3.56. The van der Waals surface area contributed by atoms with Crippen LogP contribution in [0.15, 0.2) is 77.7 Å². The van der Waals surface area contributed by atoms with Crippen LogP contribution in [0.5, 0.6) is 23.0 Å². The third-order valence-corrected chi connectivity index (χ3v) is 7.65. The summed E-state index contributed by atoms with van der Waals surface area (Å²) in [6.07, 6.45) is 1.02. The maximum Gasteiger partial charge on any atom is 0.243 e. The number of nitrogens with zero attached hydrogens (tertiary/aromatic N) is 1. The van der Waals surface area contributed by atoms with Gasteiger partial charge in [0.05, 0.1) is 10.6 Å². The molecule has 3 aromatic rings. The van der Waals surface area contributed by atoms with E-state index < -0.39 is 22.0 Å². The summed E-state index contributed by atoms with van der Waals surface area (Å²) in [6.45, 7) is 1.04. The number of amides is 1. The number of para-hydroxylation sites is 3. The number of carbonyl (C=O) groups excluding carboxylic acids is 1. The highest BCUT2D eigenvalue weighted by atomic mass is 32.2. The van der Waals surface area contributed by atoms with E-state index in [4.69, 9.17) is 14.2 Å². The molecule has 2 aliphatic heterocycles. The summed E-state index contributed by atoms with van der Waals surface area (Å²) >= 11 is 0. The molecule has 1 N–H and O–H groups in total. The first-order valence-electron chi connectivity index (χ1n) is 11.1. The van der Waals surface area contributed by atoms with E-state index in [9.17, 15) is 13.2 Å². The third-order valence-electron chi connectivity index (χ3n) is 5.74. The van der Waals surface area contributed by atoms with Gasteiger partial charge in [-0.15, -0.1) is 0 Å². The van der Waals surface area contributed by atoms with E-state index in [0.29, 0.717) is 54.7 Å². The predicted molar refractivity (Wildman–Crippen MR) is 126 cm³/mol. The van der Waals surface area contributed by atoms with Crippen LogP contribution in [0, 0.1) is 0 Å². The predicted octanol–water partition coefficient (Wildman–Crippen LogP) is 4.04. The first-order chi connectivity index (χ1) is 16.5. The molecule has 0 radical (unpaired) electrons. The van der Waals surface area contributed by atoms with Gasteiger partial charge in [0.2, 0.25) is 15.9 Å². The van der Waals surface area contributed by atoms with Crippen LogP contribution in [0.3, 0.4) is 0 Å². The quantitative estimate of drug-likeness (QED) is 0.572. The molecule has 176 valence electrons. The second-order valence-corrected chi connectivity index (χ2v) is 9.87. The molecule has 0 saturated carbocycles. The number of rotatable bonds is 6. The fourth-order valence-electron chi connectivity index (χ4n) is 4.10. The molecule has 34 heavy (non-hydrogen) atoms. The zero-order valence-electron chi connectivity index (χ0n) is 18.3. The second kappa shape index (κ2) is 9.36. The molecular weight excluding hydrogens is 456 g/mol. The molecule has 1 atom stereocenters. The first-order valence-corrected chi connectivity index (χ1v) is 12.5. The molecule has 1 saturated heterocycles. The average molecular weight is 481 g/mol. The van der Waals surface area contributed by atoms with Gasteiger partial charge in [-0.3, -0.25) is 4.79 Å². The van der Waals surface area contributed by atoms with Crippen molar-refractivity contribution in [2.24, 2.45) is 0 Å². The monoisotopic (exact) mass is 480 g/mol. The number of benzene rings is 3. The molecule has 0 aliphatic carbocycles. The molecule has 0 aromatic heterocycles. The Labute approximate surface area is 198 Å². The van der Waals surface area contributed by atoms with E-state index in [1.165, 1.54) is 16.4 Å². The fourth-order valence-corrected chi connectivity index (χ4v) is 5.77. The van der Waals surface area contributed by atoms with Gasteiger partial charge in [0.1, 0.15) is 25.0 Å². The van der Waals surface area contributed by atoms with Gasteiger partial charge < -0.3 is 19.5 Å². The Morgan fingerprint density at radius 1 is 0.941 bits per heavy atom. The maximum absolute atomic E-state index is 13.4. The second-order valence-electron chi connectivity index (χ2n) is 7.98. The molecule has 2 heterocycles. The number of carbonyl (C=O) groups is 1. The summed E-state index contributed by atoms with van der Waals surface area (Å²) in [7, 11) is -3.91. The third kappa shape index (κ3) is 4.44. The van der Waals surface area contributed by atoms with E-state index in [1.54, 1.807) is 24.3 Å². The van der Waals surface area contributed by atoms with Crippen molar-refractivity contribution in [1.29, 1.82) is 0 Å². The highest BCUT2D eigenvalue weighted by Gasteiger charge is 2.40. The van der Waals surface area contributed by atoms with Crippen LogP contribution in [0.4, 0.5) is 5.69 Å². The standard InChI is InChI=1S/C25H24N2O6S/c28-25(26-20-9-4-5-11-22(20)33-18-7-2-1-3-8-18)21-10-6-14-27(21)34(29,30)19-12-13-23-24(17-19)32-16-15-31-23/h1-5,7-9,11-13,17,21H,6,10,14-16H2,(H,26,28)/t21-/m1/s1. The summed E-state index contributed by atoms with van der Waals surface area (Å²) in [5.74, 6) is 1.60. The summed E-state index contributed by atoms with van der Waals surface area (Å²) in [5, 5.41) is 2.86. The smallest absolute Gasteiger partial charge is 0.243 e. The van der Waals surface area contributed by atoms with Crippen molar-refractivity contribution in [2.45, 2.75) is 23.8 Å². The zero-order valence-corrected chi connectivity index (χ0v) is 19.2. The molecule has 2 aliphatic rings. The van der Waals surface area contributed by atoms with Crippen LogP contribution in [0.1, 0.15) is 12.8 Å². The van der Waals surface area contributed by atoms with Gasteiger partial charge in [0.15, 0.2) is 17.2 Å². The van der Waals surface area contributed by atoms with E-state index >= 15 is 0 Å². The largest absolute Gasteiger partial charge is 0.486 e. The summed E-state index contributed by atoms with van der Waals surface area (Å²) in [4.78, 5) is 13.3. The maximum atomic E-state index is 13.4. The Morgan fingerprint density at radius 2 is 1.68 bits per heavy atom. The molecule has 0 bridgehead atoms. The molecule has 0 unspecified atom stereocenters. The minimum Gasteiger partial charge on any atom is -0.486 e. The van der Waals surface area contributed by atoms with Crippen LogP contribution < -0.4 is 19.5 Å². The van der Waals surface area contributed by atoms with Gasteiger partial charge >= 0.3 is 0 Å². The normalized spacial score (nSPS) is 17.8. The molecule has 9 heteroatoms. The molecular formula is C25H24N2O6S. The minimum absolute atomic E-state index is 0.0734. The van der Waals surface area contributed by atoms with Crippen molar-refractivity contribution in [3.63, 3.8) is 0 Å². The van der Waals surface area contributed by atoms with Crippen molar-refractivity contribution < 1.29 is 27.4 Å². The van der Waals surface area contributed by atoms with Crippen LogP contribution in [0.25, 0.3) is 0 Å². The Morgan fingerprint density at radius 3 is 2.50 bits per heavy atom. The summed E-state index contributed by atoms with van der Waals surface area (Å²) in [5.41, 5.74) is 0.472. The van der Waals surface area contributed by atoms with Gasteiger partial charge in [-0.1, -0.05) is 30.3 Å². The number of sulfonamides is 1. The van der Waals surface area contributed by atoms with Crippen molar-refractivity contribution in [2.75, 3.05) is 25.1 Å². The fraction of sp³-hybridized carbons (Fsp3) is 0.240. The van der Waals surface area contributed by atoms with Crippen LogP contribution in [0.2, 0.25) is 0 Å². The number of fused-ring (bicyclic) bond motifs is 1. The lowest BCUT2D eigenvalue weighted by Crippen LogP contribution is -2.43. The number of hydrogen-bond donors (Lipinski definition) is 1. The lowest BCUT2D eigenvalue weighted by Gasteiger charge is -2.25. The SMILES string of the molecule is O=C(Nc1ccccc1Oc1ccccc1)[C@H]1CCCN1S(=O)(=O)c1ccc2c(c1)OCCO2. The van der Waals surface area contributed by atoms with Gasteiger partial charge in [-0.2, -0.15) is 4.31 Å². The van der Waals surface area contributed by atoms with E-state index in [-0.39, 0.29) is 11.4 Å². The average Bonchev–Trinajstić information content (AvgIpc) is 3.37. The highest BCUT2D eigenvalue weighted by molar-refractivity contribution is 7.89. The lowest BCUT2D eigenvalue weighted by atomic mass is 10.2. The molecule has 1 fully saturated rings. The van der Waals surface area contributed by atoms with Crippen LogP contribution in [-0.2, 0) is 14.8 Å². The minimum atomic E-state index is -3.91. The zero-order chi connectivity index (χ0) is 23.5. The van der Waals surface area contributed by atoms with Gasteiger partial charge in [0, 0.05) is 12.6 Å². The van der Waals surface area contributed by atoms with E-state index in [1.807, 2.05) is 36.4 Å². The van der Waals surface area contributed by atoms with Crippen molar-refractivity contribution >= 4 is 21.6 Å². The van der Waals surface area contributed by atoms with E-state index in [0.717, 1.165) is 0 Å². The number of hydrogen-bond acceptors (Lipinski definition) is 6. The Kier molecular flexibility index (Phi) is 6.12. The topological polar surface area (TPSA) is 94.2 Å². The van der Waals surface area contributed by atoms with Crippen LogP contribution in [-0.4, -0.2) is 44.4 Å². The molecule has 0 spiro atoms.